The zero-order valence-electron chi connectivity index (χ0n) is 9.16. The average Bonchev–Trinajstić information content (AvgIpc) is 2.18. The van der Waals surface area contributed by atoms with Gasteiger partial charge in [0.1, 0.15) is 0 Å². The molecule has 0 aliphatic heterocycles. The summed E-state index contributed by atoms with van der Waals surface area (Å²) in [5.41, 5.74) is 0.244. The summed E-state index contributed by atoms with van der Waals surface area (Å²) in [7, 11) is 0. The second kappa shape index (κ2) is 5.50. The summed E-state index contributed by atoms with van der Waals surface area (Å²) >= 11 is 5.78. The SMILES string of the molecule is CCOCC(C)(O)Cc1ccc(Cl)cc1. The normalized spacial score (nSPS) is 14.9. The quantitative estimate of drug-likeness (QED) is 0.840. The Balaban J connectivity index is 2.56. The molecule has 0 aliphatic carbocycles. The molecule has 0 fully saturated rings. The van der Waals surface area contributed by atoms with E-state index in [4.69, 9.17) is 16.3 Å². The van der Waals surface area contributed by atoms with Gasteiger partial charge in [-0.3, -0.25) is 0 Å². The van der Waals surface area contributed by atoms with Crippen molar-refractivity contribution in [2.24, 2.45) is 0 Å². The van der Waals surface area contributed by atoms with Crippen LogP contribution in [-0.4, -0.2) is 23.9 Å². The Bertz CT molecular complexity index is 293. The van der Waals surface area contributed by atoms with Crippen LogP contribution in [0.25, 0.3) is 0 Å². The first-order valence-corrected chi connectivity index (χ1v) is 5.46. The second-order valence-electron chi connectivity index (χ2n) is 3.94. The van der Waals surface area contributed by atoms with Gasteiger partial charge in [-0.25, -0.2) is 0 Å². The van der Waals surface area contributed by atoms with Gasteiger partial charge in [0, 0.05) is 18.1 Å². The Labute approximate surface area is 95.8 Å². The highest BCUT2D eigenvalue weighted by atomic mass is 35.5. The van der Waals surface area contributed by atoms with Crippen LogP contribution in [0.2, 0.25) is 5.02 Å². The number of benzene rings is 1. The maximum Gasteiger partial charge on any atom is 0.0892 e. The Morgan fingerprint density at radius 2 is 1.93 bits per heavy atom. The molecular formula is C12H17ClO2. The lowest BCUT2D eigenvalue weighted by Gasteiger charge is -2.22. The molecule has 0 aliphatic rings. The lowest BCUT2D eigenvalue weighted by atomic mass is 9.97. The van der Waals surface area contributed by atoms with E-state index in [1.807, 2.05) is 31.2 Å². The number of rotatable bonds is 5. The van der Waals surface area contributed by atoms with Crippen LogP contribution in [0, 0.1) is 0 Å². The van der Waals surface area contributed by atoms with Crippen LogP contribution in [0.15, 0.2) is 24.3 Å². The standard InChI is InChI=1S/C12H17ClO2/c1-3-15-9-12(2,14)8-10-4-6-11(13)7-5-10/h4-7,14H,3,8-9H2,1-2H3. The summed E-state index contributed by atoms with van der Waals surface area (Å²) in [5, 5.41) is 10.7. The molecular weight excluding hydrogens is 212 g/mol. The monoisotopic (exact) mass is 228 g/mol. The largest absolute Gasteiger partial charge is 0.387 e. The molecule has 0 aromatic heterocycles. The molecule has 0 spiro atoms. The maximum absolute atomic E-state index is 10.0. The summed E-state index contributed by atoms with van der Waals surface area (Å²) < 4.78 is 5.22. The third-order valence-electron chi connectivity index (χ3n) is 2.12. The number of aliphatic hydroxyl groups is 1. The molecule has 1 atom stereocenters. The van der Waals surface area contributed by atoms with Crippen molar-refractivity contribution < 1.29 is 9.84 Å². The van der Waals surface area contributed by atoms with Crippen molar-refractivity contribution in [2.45, 2.75) is 25.9 Å². The van der Waals surface area contributed by atoms with Crippen LogP contribution in [0.5, 0.6) is 0 Å². The van der Waals surface area contributed by atoms with Gasteiger partial charge in [-0.15, -0.1) is 0 Å². The second-order valence-corrected chi connectivity index (χ2v) is 4.37. The van der Waals surface area contributed by atoms with Gasteiger partial charge in [0.2, 0.25) is 0 Å². The molecule has 15 heavy (non-hydrogen) atoms. The van der Waals surface area contributed by atoms with Crippen LogP contribution in [0.4, 0.5) is 0 Å². The highest BCUT2D eigenvalue weighted by molar-refractivity contribution is 6.30. The molecule has 0 radical (unpaired) electrons. The van der Waals surface area contributed by atoms with E-state index in [0.717, 1.165) is 5.56 Å². The van der Waals surface area contributed by atoms with E-state index >= 15 is 0 Å². The van der Waals surface area contributed by atoms with Crippen LogP contribution < -0.4 is 0 Å². The fourth-order valence-corrected chi connectivity index (χ4v) is 1.54. The summed E-state index contributed by atoms with van der Waals surface area (Å²) in [4.78, 5) is 0. The first-order valence-electron chi connectivity index (χ1n) is 5.08. The summed E-state index contributed by atoms with van der Waals surface area (Å²) in [6, 6.07) is 7.49. The topological polar surface area (TPSA) is 29.5 Å². The fourth-order valence-electron chi connectivity index (χ4n) is 1.41. The summed E-state index contributed by atoms with van der Waals surface area (Å²) in [6.07, 6.45) is 0.574. The van der Waals surface area contributed by atoms with Gasteiger partial charge in [-0.1, -0.05) is 23.7 Å². The first kappa shape index (κ1) is 12.5. The maximum atomic E-state index is 10.0. The van der Waals surface area contributed by atoms with E-state index in [2.05, 4.69) is 0 Å². The fraction of sp³-hybridized carbons (Fsp3) is 0.500. The van der Waals surface area contributed by atoms with Crippen LogP contribution in [0.1, 0.15) is 19.4 Å². The Hall–Kier alpha value is -0.570. The van der Waals surface area contributed by atoms with Gasteiger partial charge in [0.15, 0.2) is 0 Å². The predicted octanol–water partition coefficient (Wildman–Crippen LogP) is 2.67. The smallest absolute Gasteiger partial charge is 0.0892 e. The van der Waals surface area contributed by atoms with Crippen molar-refractivity contribution >= 4 is 11.6 Å². The number of hydrogen-bond acceptors (Lipinski definition) is 2. The lowest BCUT2D eigenvalue weighted by Crippen LogP contribution is -2.33. The van der Waals surface area contributed by atoms with Crippen molar-refractivity contribution in [3.8, 4) is 0 Å². The van der Waals surface area contributed by atoms with Gasteiger partial charge >= 0.3 is 0 Å². The van der Waals surface area contributed by atoms with Crippen molar-refractivity contribution in [2.75, 3.05) is 13.2 Å². The molecule has 1 rings (SSSR count). The number of halogens is 1. The Morgan fingerprint density at radius 1 is 1.33 bits per heavy atom. The Kier molecular flexibility index (Phi) is 4.58. The molecule has 84 valence electrons. The van der Waals surface area contributed by atoms with Crippen LogP contribution in [0.3, 0.4) is 0 Å². The van der Waals surface area contributed by atoms with Crippen molar-refractivity contribution in [3.63, 3.8) is 0 Å². The van der Waals surface area contributed by atoms with E-state index in [1.54, 1.807) is 6.92 Å². The molecule has 2 nitrogen and oxygen atoms in total. The number of hydrogen-bond donors (Lipinski definition) is 1. The average molecular weight is 229 g/mol. The molecule has 0 amide bonds. The third kappa shape index (κ3) is 4.65. The minimum atomic E-state index is -0.816. The minimum absolute atomic E-state index is 0.353. The van der Waals surface area contributed by atoms with E-state index in [-0.39, 0.29) is 0 Å². The molecule has 0 heterocycles. The first-order chi connectivity index (χ1) is 7.03. The molecule has 0 bridgehead atoms. The van der Waals surface area contributed by atoms with E-state index in [0.29, 0.717) is 24.7 Å². The van der Waals surface area contributed by atoms with Crippen LogP contribution >= 0.6 is 11.6 Å². The van der Waals surface area contributed by atoms with Gasteiger partial charge in [0.05, 0.1) is 12.2 Å². The zero-order chi connectivity index (χ0) is 11.3. The van der Waals surface area contributed by atoms with Crippen molar-refractivity contribution in [1.82, 2.24) is 0 Å². The van der Waals surface area contributed by atoms with Gasteiger partial charge in [-0.2, -0.15) is 0 Å². The van der Waals surface area contributed by atoms with Gasteiger partial charge in [-0.05, 0) is 31.5 Å². The molecule has 1 N–H and O–H groups in total. The van der Waals surface area contributed by atoms with E-state index < -0.39 is 5.60 Å². The minimum Gasteiger partial charge on any atom is -0.387 e. The molecule has 1 aromatic rings. The highest BCUT2D eigenvalue weighted by Crippen LogP contribution is 2.16. The molecule has 0 saturated carbocycles. The van der Waals surface area contributed by atoms with Crippen molar-refractivity contribution in [1.29, 1.82) is 0 Å². The van der Waals surface area contributed by atoms with Crippen molar-refractivity contribution in [3.05, 3.63) is 34.9 Å². The van der Waals surface area contributed by atoms with Gasteiger partial charge in [0.25, 0.3) is 0 Å². The predicted molar refractivity (Wildman–Crippen MR) is 62.3 cm³/mol. The van der Waals surface area contributed by atoms with Crippen LogP contribution in [-0.2, 0) is 11.2 Å². The zero-order valence-corrected chi connectivity index (χ0v) is 9.92. The van der Waals surface area contributed by atoms with Gasteiger partial charge < -0.3 is 9.84 Å². The molecule has 3 heteroatoms. The molecule has 0 saturated heterocycles. The Morgan fingerprint density at radius 3 is 2.47 bits per heavy atom. The summed E-state index contributed by atoms with van der Waals surface area (Å²) in [5.74, 6) is 0. The summed E-state index contributed by atoms with van der Waals surface area (Å²) in [6.45, 7) is 4.67. The lowest BCUT2D eigenvalue weighted by molar-refractivity contribution is -0.0296. The molecule has 1 unspecified atom stereocenters. The van der Waals surface area contributed by atoms with E-state index in [1.165, 1.54) is 0 Å². The van der Waals surface area contributed by atoms with E-state index in [9.17, 15) is 5.11 Å². The number of ether oxygens (including phenoxy) is 1. The highest BCUT2D eigenvalue weighted by Gasteiger charge is 2.20. The third-order valence-corrected chi connectivity index (χ3v) is 2.37. The molecule has 1 aromatic carbocycles.